The molecule has 0 aromatic heterocycles. The fraction of sp³-hybridized carbons (Fsp3) is 0.333. The minimum atomic E-state index is -0.428. The van der Waals surface area contributed by atoms with Crippen LogP contribution in [0.2, 0.25) is 0 Å². The second-order valence-corrected chi connectivity index (χ2v) is 10.1. The summed E-state index contributed by atoms with van der Waals surface area (Å²) in [6, 6.07) is 13.5. The van der Waals surface area contributed by atoms with Crippen LogP contribution >= 0.6 is 11.8 Å². The Bertz CT molecular complexity index is 1290. The van der Waals surface area contributed by atoms with Crippen molar-refractivity contribution >= 4 is 46.7 Å². The molecule has 2 saturated heterocycles. The summed E-state index contributed by atoms with van der Waals surface area (Å²) in [5.41, 5.74) is 3.44. The average Bonchev–Trinajstić information content (AvgIpc) is 3.23. The monoisotopic (exact) mass is 536 g/mol. The lowest BCUT2D eigenvalue weighted by molar-refractivity contribution is -0.121. The molecule has 5 rings (SSSR count). The van der Waals surface area contributed by atoms with Crippen LogP contribution in [0.25, 0.3) is 6.08 Å². The van der Waals surface area contributed by atoms with Crippen molar-refractivity contribution < 1.29 is 28.7 Å². The number of carbonyl (C=O) groups excluding carboxylic acids is 4. The molecule has 0 spiro atoms. The van der Waals surface area contributed by atoms with Crippen molar-refractivity contribution in [2.75, 3.05) is 44.3 Å². The number of anilines is 1. The zero-order valence-corrected chi connectivity index (χ0v) is 21.8. The second-order valence-electron chi connectivity index (χ2n) is 9.13. The maximum atomic E-state index is 12.8. The standard InChI is InChI=1S/C27H28N4O6S/c1-2-36-27(35)30-11-9-29(10-12-30)15-18-3-5-19(6-4-18)16-31-21-13-20(7-8-22(21)37-17-24(31)32)14-23-25(33)28-26(34)38-23/h3-8,13-14H,2,9-12,15-17H2,1H3,(H,28,33,34)/b23-14+. The molecule has 3 aliphatic heterocycles. The summed E-state index contributed by atoms with van der Waals surface area (Å²) in [5.74, 6) is 0.00168. The molecule has 0 saturated carbocycles. The second kappa shape index (κ2) is 11.3. The third-order valence-electron chi connectivity index (χ3n) is 6.53. The predicted octanol–water partition coefficient (Wildman–Crippen LogP) is 3.21. The Kier molecular flexibility index (Phi) is 7.66. The molecule has 0 unspecified atom stereocenters. The number of amides is 4. The van der Waals surface area contributed by atoms with Gasteiger partial charge in [-0.2, -0.15) is 0 Å². The maximum absolute atomic E-state index is 12.8. The zero-order valence-electron chi connectivity index (χ0n) is 21.0. The van der Waals surface area contributed by atoms with Gasteiger partial charge in [-0.25, -0.2) is 4.79 Å². The van der Waals surface area contributed by atoms with E-state index >= 15 is 0 Å². The number of hydrogen-bond acceptors (Lipinski definition) is 8. The first-order valence-corrected chi connectivity index (χ1v) is 13.2. The van der Waals surface area contributed by atoms with Gasteiger partial charge in [-0.1, -0.05) is 30.3 Å². The summed E-state index contributed by atoms with van der Waals surface area (Å²) >= 11 is 0.850. The van der Waals surface area contributed by atoms with Crippen molar-refractivity contribution in [1.82, 2.24) is 15.1 Å². The number of rotatable bonds is 6. The number of nitrogens with zero attached hydrogens (tertiary/aromatic N) is 3. The van der Waals surface area contributed by atoms with Crippen molar-refractivity contribution in [2.24, 2.45) is 0 Å². The molecule has 2 aromatic carbocycles. The number of thioether (sulfide) groups is 1. The Labute approximate surface area is 224 Å². The molecule has 3 heterocycles. The predicted molar refractivity (Wildman–Crippen MR) is 143 cm³/mol. The molecule has 0 atom stereocenters. The van der Waals surface area contributed by atoms with Crippen LogP contribution in [0.3, 0.4) is 0 Å². The summed E-state index contributed by atoms with van der Waals surface area (Å²) in [6.45, 7) is 6.16. The molecule has 0 bridgehead atoms. The van der Waals surface area contributed by atoms with Gasteiger partial charge in [0, 0.05) is 32.7 Å². The van der Waals surface area contributed by atoms with E-state index in [-0.39, 0.29) is 18.6 Å². The van der Waals surface area contributed by atoms with Gasteiger partial charge < -0.3 is 19.3 Å². The van der Waals surface area contributed by atoms with Gasteiger partial charge >= 0.3 is 6.09 Å². The zero-order chi connectivity index (χ0) is 26.6. The molecule has 198 valence electrons. The number of imide groups is 1. The van der Waals surface area contributed by atoms with E-state index < -0.39 is 11.1 Å². The highest BCUT2D eigenvalue weighted by Gasteiger charge is 2.28. The third kappa shape index (κ3) is 5.84. The van der Waals surface area contributed by atoms with E-state index in [0.717, 1.165) is 42.5 Å². The molecule has 1 N–H and O–H groups in total. The minimum absolute atomic E-state index is 0.0456. The van der Waals surface area contributed by atoms with Crippen molar-refractivity contribution in [3.63, 3.8) is 0 Å². The number of nitrogens with one attached hydrogen (secondary N) is 1. The quantitative estimate of drug-likeness (QED) is 0.561. The Morgan fingerprint density at radius 3 is 2.39 bits per heavy atom. The largest absolute Gasteiger partial charge is 0.482 e. The Hall–Kier alpha value is -3.83. The van der Waals surface area contributed by atoms with Gasteiger partial charge in [0.15, 0.2) is 6.61 Å². The SMILES string of the molecule is CCOC(=O)N1CCN(Cc2ccc(CN3C(=O)COc4ccc(/C=C5/SC(=O)NC5=O)cc43)cc2)CC1. The lowest BCUT2D eigenvalue weighted by Gasteiger charge is -2.34. The molecule has 0 aliphatic carbocycles. The number of piperazine rings is 1. The van der Waals surface area contributed by atoms with Gasteiger partial charge in [-0.3, -0.25) is 24.6 Å². The van der Waals surface area contributed by atoms with Crippen LogP contribution < -0.4 is 15.0 Å². The van der Waals surface area contributed by atoms with E-state index in [4.69, 9.17) is 9.47 Å². The summed E-state index contributed by atoms with van der Waals surface area (Å²) in [7, 11) is 0. The number of fused-ring (bicyclic) bond motifs is 1. The van der Waals surface area contributed by atoms with E-state index in [0.29, 0.717) is 48.1 Å². The molecule has 2 fully saturated rings. The van der Waals surface area contributed by atoms with E-state index in [1.54, 1.807) is 34.1 Å². The third-order valence-corrected chi connectivity index (χ3v) is 7.34. The van der Waals surface area contributed by atoms with Crippen molar-refractivity contribution in [2.45, 2.75) is 20.0 Å². The van der Waals surface area contributed by atoms with Gasteiger partial charge in [-0.05, 0) is 53.6 Å². The maximum Gasteiger partial charge on any atom is 0.409 e. The van der Waals surface area contributed by atoms with Gasteiger partial charge in [0.05, 0.1) is 23.7 Å². The van der Waals surface area contributed by atoms with Crippen LogP contribution in [0.5, 0.6) is 5.75 Å². The molecule has 2 aromatic rings. The minimum Gasteiger partial charge on any atom is -0.482 e. The van der Waals surface area contributed by atoms with Crippen molar-refractivity contribution in [3.8, 4) is 5.75 Å². The van der Waals surface area contributed by atoms with Gasteiger partial charge in [0.25, 0.3) is 17.1 Å². The highest BCUT2D eigenvalue weighted by Crippen LogP contribution is 2.35. The highest BCUT2D eigenvalue weighted by atomic mass is 32.2. The first kappa shape index (κ1) is 25.8. The Morgan fingerprint density at radius 2 is 1.74 bits per heavy atom. The molecule has 38 heavy (non-hydrogen) atoms. The highest BCUT2D eigenvalue weighted by molar-refractivity contribution is 8.18. The topological polar surface area (TPSA) is 108 Å². The van der Waals surface area contributed by atoms with Crippen LogP contribution in [-0.2, 0) is 27.4 Å². The molecule has 0 radical (unpaired) electrons. The first-order valence-electron chi connectivity index (χ1n) is 12.4. The van der Waals surface area contributed by atoms with E-state index in [1.165, 1.54) is 0 Å². The average molecular weight is 537 g/mol. The van der Waals surface area contributed by atoms with Crippen molar-refractivity contribution in [3.05, 3.63) is 64.1 Å². The normalized spacial score (nSPS) is 18.9. The van der Waals surface area contributed by atoms with Gasteiger partial charge in [0.1, 0.15) is 5.75 Å². The molecule has 11 heteroatoms. The smallest absolute Gasteiger partial charge is 0.409 e. The molecular weight excluding hydrogens is 508 g/mol. The summed E-state index contributed by atoms with van der Waals surface area (Å²) in [4.78, 5) is 54.1. The molecule has 10 nitrogen and oxygen atoms in total. The fourth-order valence-electron chi connectivity index (χ4n) is 4.55. The number of hydrogen-bond donors (Lipinski definition) is 1. The van der Waals surface area contributed by atoms with E-state index in [2.05, 4.69) is 22.3 Å². The lowest BCUT2D eigenvalue weighted by atomic mass is 10.1. The van der Waals surface area contributed by atoms with Crippen molar-refractivity contribution in [1.29, 1.82) is 0 Å². The fourth-order valence-corrected chi connectivity index (χ4v) is 5.23. The number of ether oxygens (including phenoxy) is 2. The number of carbonyl (C=O) groups is 4. The summed E-state index contributed by atoms with van der Waals surface area (Å²) in [6.07, 6.45) is 1.38. The Morgan fingerprint density at radius 1 is 1.03 bits per heavy atom. The summed E-state index contributed by atoms with van der Waals surface area (Å²) in [5, 5.41) is 1.84. The lowest BCUT2D eigenvalue weighted by Crippen LogP contribution is -2.48. The van der Waals surface area contributed by atoms with Crippen LogP contribution in [-0.4, -0.2) is 72.3 Å². The van der Waals surface area contributed by atoms with E-state index in [1.807, 2.05) is 19.1 Å². The van der Waals surface area contributed by atoms with Crippen LogP contribution in [0.15, 0.2) is 47.4 Å². The molecule has 4 amide bonds. The molecule has 3 aliphatic rings. The summed E-state index contributed by atoms with van der Waals surface area (Å²) < 4.78 is 10.7. The van der Waals surface area contributed by atoms with Crippen LogP contribution in [0, 0.1) is 0 Å². The first-order chi connectivity index (χ1) is 18.4. The van der Waals surface area contributed by atoms with Gasteiger partial charge in [-0.15, -0.1) is 0 Å². The van der Waals surface area contributed by atoms with Crippen LogP contribution in [0.4, 0.5) is 15.3 Å². The van der Waals surface area contributed by atoms with Crippen LogP contribution in [0.1, 0.15) is 23.6 Å². The Balaban J connectivity index is 1.24. The number of benzene rings is 2. The van der Waals surface area contributed by atoms with Gasteiger partial charge in [0.2, 0.25) is 0 Å². The van der Waals surface area contributed by atoms with E-state index in [9.17, 15) is 19.2 Å². The molecular formula is C27H28N4O6S.